The highest BCUT2D eigenvalue weighted by molar-refractivity contribution is 4.80. The Bertz CT molecular complexity index is 128. The number of nitrogens with two attached hydrogens (primary N) is 1. The van der Waals surface area contributed by atoms with Crippen LogP contribution in [0, 0.1) is 0 Å². The highest BCUT2D eigenvalue weighted by Gasteiger charge is 2.21. The molecule has 3 heteroatoms. The molecule has 1 aliphatic rings. The van der Waals surface area contributed by atoms with Gasteiger partial charge >= 0.3 is 0 Å². The first-order chi connectivity index (χ1) is 5.74. The average Bonchev–Trinajstić information content (AvgIpc) is 2.03. The Morgan fingerprint density at radius 3 is 2.92 bits per heavy atom. The van der Waals surface area contributed by atoms with Crippen LogP contribution >= 0.6 is 0 Å². The van der Waals surface area contributed by atoms with E-state index in [0.29, 0.717) is 18.7 Å². The van der Waals surface area contributed by atoms with Gasteiger partial charge in [0.15, 0.2) is 0 Å². The molecule has 3 N–H and O–H groups in total. The van der Waals surface area contributed by atoms with E-state index in [2.05, 4.69) is 11.8 Å². The van der Waals surface area contributed by atoms with Gasteiger partial charge in [-0.05, 0) is 32.7 Å². The summed E-state index contributed by atoms with van der Waals surface area (Å²) in [6, 6.07) is 0.991. The van der Waals surface area contributed by atoms with Crippen molar-refractivity contribution in [2.75, 3.05) is 19.7 Å². The predicted octanol–water partition coefficient (Wildman–Crippen LogP) is 0.180. The van der Waals surface area contributed by atoms with Crippen LogP contribution in [-0.4, -0.2) is 41.8 Å². The normalized spacial score (nSPS) is 32.2. The fraction of sp³-hybridized carbons (Fsp3) is 1.00. The number of hydrogen-bond donors (Lipinski definition) is 2. The number of aliphatic hydroxyl groups excluding tert-OH is 1. The van der Waals surface area contributed by atoms with E-state index in [1.165, 1.54) is 0 Å². The van der Waals surface area contributed by atoms with Crippen LogP contribution in [0.2, 0.25) is 0 Å². The molecule has 1 rings (SSSR count). The van der Waals surface area contributed by atoms with Gasteiger partial charge < -0.3 is 15.7 Å². The second-order valence-electron chi connectivity index (χ2n) is 3.75. The quantitative estimate of drug-likeness (QED) is 0.638. The summed E-state index contributed by atoms with van der Waals surface area (Å²) in [6.07, 6.45) is 3.10. The number of piperidine rings is 1. The van der Waals surface area contributed by atoms with Gasteiger partial charge in [0, 0.05) is 25.2 Å². The zero-order valence-corrected chi connectivity index (χ0v) is 7.87. The molecule has 12 heavy (non-hydrogen) atoms. The summed E-state index contributed by atoms with van der Waals surface area (Å²) in [5, 5.41) is 8.68. The van der Waals surface area contributed by atoms with Gasteiger partial charge in [0.05, 0.1) is 0 Å². The van der Waals surface area contributed by atoms with Crippen LogP contribution in [0.1, 0.15) is 26.2 Å². The van der Waals surface area contributed by atoms with E-state index in [1.807, 2.05) is 0 Å². The molecule has 0 aromatic heterocycles. The first-order valence-electron chi connectivity index (χ1n) is 4.84. The van der Waals surface area contributed by atoms with E-state index in [1.54, 1.807) is 0 Å². The van der Waals surface area contributed by atoms with Gasteiger partial charge in [0.1, 0.15) is 0 Å². The predicted molar refractivity (Wildman–Crippen MR) is 49.9 cm³/mol. The molecular weight excluding hydrogens is 152 g/mol. The maximum atomic E-state index is 8.68. The third-order valence-electron chi connectivity index (χ3n) is 2.66. The van der Waals surface area contributed by atoms with E-state index in [-0.39, 0.29) is 0 Å². The second-order valence-corrected chi connectivity index (χ2v) is 3.75. The molecule has 0 amide bonds. The molecule has 0 aromatic carbocycles. The summed E-state index contributed by atoms with van der Waals surface area (Å²) in [6.45, 7) is 4.64. The van der Waals surface area contributed by atoms with E-state index in [0.717, 1.165) is 32.4 Å². The Kier molecular flexibility index (Phi) is 3.98. The van der Waals surface area contributed by atoms with Gasteiger partial charge in [0.25, 0.3) is 0 Å². The van der Waals surface area contributed by atoms with Crippen molar-refractivity contribution < 1.29 is 5.11 Å². The van der Waals surface area contributed by atoms with Gasteiger partial charge in [-0.2, -0.15) is 0 Å². The Hall–Kier alpha value is -0.120. The number of likely N-dealkylation sites (tertiary alicyclic amines) is 1. The molecule has 1 aliphatic heterocycles. The molecule has 1 heterocycles. The fourth-order valence-corrected chi connectivity index (χ4v) is 1.86. The maximum Gasteiger partial charge on any atom is 0.0443 e. The lowest BCUT2D eigenvalue weighted by Crippen LogP contribution is -2.45. The maximum absolute atomic E-state index is 8.68. The molecule has 1 saturated heterocycles. The zero-order chi connectivity index (χ0) is 8.97. The molecule has 0 spiro atoms. The fourth-order valence-electron chi connectivity index (χ4n) is 1.86. The van der Waals surface area contributed by atoms with Crippen molar-refractivity contribution in [3.05, 3.63) is 0 Å². The molecular formula is C9H20N2O. The Morgan fingerprint density at radius 2 is 2.33 bits per heavy atom. The van der Waals surface area contributed by atoms with Gasteiger partial charge in [-0.1, -0.05) is 0 Å². The number of rotatable bonds is 3. The Labute approximate surface area is 74.5 Å². The van der Waals surface area contributed by atoms with Gasteiger partial charge in [0.2, 0.25) is 0 Å². The Morgan fingerprint density at radius 1 is 1.58 bits per heavy atom. The first-order valence-corrected chi connectivity index (χ1v) is 4.84. The highest BCUT2D eigenvalue weighted by atomic mass is 16.3. The van der Waals surface area contributed by atoms with Crippen LogP contribution in [0.25, 0.3) is 0 Å². The zero-order valence-electron chi connectivity index (χ0n) is 7.87. The number of hydrogen-bond acceptors (Lipinski definition) is 3. The van der Waals surface area contributed by atoms with E-state index < -0.39 is 0 Å². The lowest BCUT2D eigenvalue weighted by molar-refractivity contribution is 0.135. The molecule has 0 radical (unpaired) electrons. The molecule has 0 bridgehead atoms. The summed E-state index contributed by atoms with van der Waals surface area (Å²) in [7, 11) is 0. The molecule has 2 unspecified atom stereocenters. The lowest BCUT2D eigenvalue weighted by Gasteiger charge is -2.36. The minimum Gasteiger partial charge on any atom is -0.396 e. The van der Waals surface area contributed by atoms with Crippen molar-refractivity contribution in [1.29, 1.82) is 0 Å². The summed E-state index contributed by atoms with van der Waals surface area (Å²) in [4.78, 5) is 2.42. The van der Waals surface area contributed by atoms with Crippen molar-refractivity contribution >= 4 is 0 Å². The molecule has 2 atom stereocenters. The van der Waals surface area contributed by atoms with Crippen molar-refractivity contribution in [2.45, 2.75) is 38.3 Å². The van der Waals surface area contributed by atoms with Crippen LogP contribution in [0.3, 0.4) is 0 Å². The third-order valence-corrected chi connectivity index (χ3v) is 2.66. The minimum absolute atomic E-state index is 0.301. The van der Waals surface area contributed by atoms with Gasteiger partial charge in [-0.3, -0.25) is 0 Å². The average molecular weight is 172 g/mol. The third kappa shape index (κ3) is 2.73. The van der Waals surface area contributed by atoms with E-state index >= 15 is 0 Å². The van der Waals surface area contributed by atoms with Crippen LogP contribution < -0.4 is 5.73 Å². The SMILES string of the molecule is CC1CC(N)CCN1CCCO. The van der Waals surface area contributed by atoms with Gasteiger partial charge in [-0.15, -0.1) is 0 Å². The van der Waals surface area contributed by atoms with Crippen LogP contribution in [0.5, 0.6) is 0 Å². The summed E-state index contributed by atoms with van der Waals surface area (Å²) in [5.41, 5.74) is 5.84. The largest absolute Gasteiger partial charge is 0.396 e. The van der Waals surface area contributed by atoms with Crippen molar-refractivity contribution in [1.82, 2.24) is 4.90 Å². The summed E-state index contributed by atoms with van der Waals surface area (Å²) >= 11 is 0. The molecule has 0 aliphatic carbocycles. The monoisotopic (exact) mass is 172 g/mol. The summed E-state index contributed by atoms with van der Waals surface area (Å²) < 4.78 is 0. The molecule has 72 valence electrons. The van der Waals surface area contributed by atoms with Gasteiger partial charge in [-0.25, -0.2) is 0 Å². The Balaban J connectivity index is 2.25. The van der Waals surface area contributed by atoms with Crippen LogP contribution in [0.15, 0.2) is 0 Å². The minimum atomic E-state index is 0.301. The van der Waals surface area contributed by atoms with Crippen molar-refractivity contribution in [3.8, 4) is 0 Å². The number of aliphatic hydroxyl groups is 1. The van der Waals surface area contributed by atoms with E-state index in [9.17, 15) is 0 Å². The van der Waals surface area contributed by atoms with Crippen molar-refractivity contribution in [3.63, 3.8) is 0 Å². The highest BCUT2D eigenvalue weighted by Crippen LogP contribution is 2.15. The van der Waals surface area contributed by atoms with Crippen molar-refractivity contribution in [2.24, 2.45) is 5.73 Å². The first kappa shape index (κ1) is 9.96. The topological polar surface area (TPSA) is 49.5 Å². The number of nitrogens with zero attached hydrogens (tertiary/aromatic N) is 1. The summed E-state index contributed by atoms with van der Waals surface area (Å²) in [5.74, 6) is 0. The van der Waals surface area contributed by atoms with Crippen LogP contribution in [0.4, 0.5) is 0 Å². The lowest BCUT2D eigenvalue weighted by atomic mass is 9.99. The molecule has 0 aromatic rings. The second kappa shape index (κ2) is 4.80. The molecule has 0 saturated carbocycles. The van der Waals surface area contributed by atoms with E-state index in [4.69, 9.17) is 10.8 Å². The van der Waals surface area contributed by atoms with Crippen LogP contribution in [-0.2, 0) is 0 Å². The smallest absolute Gasteiger partial charge is 0.0443 e. The standard InChI is InChI=1S/C9H20N2O/c1-8-7-9(10)3-5-11(8)4-2-6-12/h8-9,12H,2-7,10H2,1H3. The molecule has 3 nitrogen and oxygen atoms in total. The molecule has 1 fully saturated rings.